The number of hydrogen-bond acceptors (Lipinski definition) is 4. The zero-order chi connectivity index (χ0) is 16.7. The van der Waals surface area contributed by atoms with E-state index >= 15 is 0 Å². The Kier molecular flexibility index (Phi) is 3.59. The van der Waals surface area contributed by atoms with Gasteiger partial charge in [-0.2, -0.15) is 5.10 Å². The molecule has 1 aliphatic rings. The van der Waals surface area contributed by atoms with Crippen molar-refractivity contribution in [2.24, 2.45) is 7.05 Å². The lowest BCUT2D eigenvalue weighted by atomic mass is 9.96. The summed E-state index contributed by atoms with van der Waals surface area (Å²) in [5, 5.41) is 15.1. The molecule has 0 saturated heterocycles. The highest BCUT2D eigenvalue weighted by Gasteiger charge is 2.35. The van der Waals surface area contributed by atoms with Gasteiger partial charge in [-0.3, -0.25) is 19.6 Å². The number of carbonyl (C=O) groups excluding carboxylic acids is 1. The first kappa shape index (κ1) is 15.1. The van der Waals surface area contributed by atoms with Gasteiger partial charge >= 0.3 is 5.69 Å². The monoisotopic (exact) mass is 318 g/mol. The minimum absolute atomic E-state index is 0.151. The van der Waals surface area contributed by atoms with E-state index in [2.05, 4.69) is 5.10 Å². The van der Waals surface area contributed by atoms with Crippen LogP contribution in [0.2, 0.25) is 0 Å². The van der Waals surface area contributed by atoms with Crippen molar-refractivity contribution in [3.63, 3.8) is 0 Å². The normalized spacial score (nSPS) is 17.0. The summed E-state index contributed by atoms with van der Waals surface area (Å²) in [7, 11) is 1.52. The van der Waals surface area contributed by atoms with E-state index in [1.165, 1.54) is 41.0 Å². The zero-order valence-electron chi connectivity index (χ0n) is 12.7. The van der Waals surface area contributed by atoms with Crippen molar-refractivity contribution in [2.75, 3.05) is 4.90 Å². The van der Waals surface area contributed by atoms with Crippen LogP contribution < -0.4 is 4.90 Å². The van der Waals surface area contributed by atoms with Crippen molar-refractivity contribution in [1.29, 1.82) is 0 Å². The van der Waals surface area contributed by atoms with Crippen LogP contribution in [0.3, 0.4) is 0 Å². The number of hydrogen-bond donors (Lipinski definition) is 0. The summed E-state index contributed by atoms with van der Waals surface area (Å²) >= 11 is 0. The van der Waals surface area contributed by atoms with Gasteiger partial charge in [0.15, 0.2) is 0 Å². The summed E-state index contributed by atoms with van der Waals surface area (Å²) in [5.41, 5.74) is 0.755. The van der Waals surface area contributed by atoms with E-state index in [1.807, 2.05) is 6.92 Å². The summed E-state index contributed by atoms with van der Waals surface area (Å²) in [6.07, 6.45) is 2.51. The van der Waals surface area contributed by atoms with Gasteiger partial charge in [0.1, 0.15) is 12.0 Å². The molecule has 1 atom stereocenters. The average Bonchev–Trinajstić information content (AvgIpc) is 2.89. The number of fused-ring (bicyclic) bond motifs is 1. The number of halogens is 1. The smallest absolute Gasteiger partial charge is 0.304 e. The predicted molar refractivity (Wildman–Crippen MR) is 80.9 cm³/mol. The van der Waals surface area contributed by atoms with Gasteiger partial charge in [0.05, 0.1) is 4.92 Å². The lowest BCUT2D eigenvalue weighted by molar-refractivity contribution is -0.385. The second kappa shape index (κ2) is 5.45. The molecule has 1 amide bonds. The number of anilines is 1. The molecule has 0 saturated carbocycles. The highest BCUT2D eigenvalue weighted by molar-refractivity contribution is 6.08. The molecular formula is C15H15FN4O3. The van der Waals surface area contributed by atoms with Gasteiger partial charge < -0.3 is 4.90 Å². The van der Waals surface area contributed by atoms with Gasteiger partial charge in [-0.05, 0) is 43.5 Å². The number of amides is 1. The molecule has 120 valence electrons. The standard InChI is InChI=1S/C15H15FN4O3/c1-9-3-4-10-7-11(16)5-6-12(10)19(9)15(21)14-13(20(22)23)8-18(2)17-14/h5-9H,3-4H2,1-2H3/t9-/m0/s1. The van der Waals surface area contributed by atoms with Crippen molar-refractivity contribution in [2.45, 2.75) is 25.8 Å². The van der Waals surface area contributed by atoms with E-state index in [0.717, 1.165) is 5.56 Å². The molecule has 7 nitrogen and oxygen atoms in total. The summed E-state index contributed by atoms with van der Waals surface area (Å²) in [6.45, 7) is 1.86. The molecule has 2 heterocycles. The van der Waals surface area contributed by atoms with Gasteiger partial charge in [-0.15, -0.1) is 0 Å². The van der Waals surface area contributed by atoms with E-state index < -0.39 is 10.8 Å². The fourth-order valence-corrected chi connectivity index (χ4v) is 2.91. The molecule has 8 heteroatoms. The lowest BCUT2D eigenvalue weighted by Crippen LogP contribution is -2.42. The molecule has 0 bridgehead atoms. The van der Waals surface area contributed by atoms with Crippen molar-refractivity contribution in [1.82, 2.24) is 9.78 Å². The third-order valence-corrected chi connectivity index (χ3v) is 4.00. The quantitative estimate of drug-likeness (QED) is 0.629. The molecular weight excluding hydrogens is 303 g/mol. The van der Waals surface area contributed by atoms with Crippen LogP contribution in [0.25, 0.3) is 0 Å². The molecule has 0 unspecified atom stereocenters. The van der Waals surface area contributed by atoms with Crippen LogP contribution in [-0.2, 0) is 13.5 Å². The minimum Gasteiger partial charge on any atom is -0.304 e. The summed E-state index contributed by atoms with van der Waals surface area (Å²) in [5.74, 6) is -0.910. The number of aryl methyl sites for hydroxylation is 2. The minimum atomic E-state index is -0.625. The number of aromatic nitrogens is 2. The van der Waals surface area contributed by atoms with Crippen molar-refractivity contribution >= 4 is 17.3 Å². The number of nitrogens with zero attached hydrogens (tertiary/aromatic N) is 4. The molecule has 0 radical (unpaired) electrons. The lowest BCUT2D eigenvalue weighted by Gasteiger charge is -2.34. The average molecular weight is 318 g/mol. The molecule has 0 N–H and O–H groups in total. The van der Waals surface area contributed by atoms with Crippen molar-refractivity contribution < 1.29 is 14.1 Å². The van der Waals surface area contributed by atoms with Crippen LogP contribution in [-0.4, -0.2) is 26.7 Å². The molecule has 1 aromatic carbocycles. The zero-order valence-corrected chi connectivity index (χ0v) is 12.7. The van der Waals surface area contributed by atoms with E-state index in [0.29, 0.717) is 18.5 Å². The first-order valence-electron chi connectivity index (χ1n) is 7.18. The first-order chi connectivity index (χ1) is 10.9. The molecule has 1 aromatic heterocycles. The third-order valence-electron chi connectivity index (χ3n) is 4.00. The summed E-state index contributed by atoms with van der Waals surface area (Å²) in [4.78, 5) is 24.8. The predicted octanol–water partition coefficient (Wildman–Crippen LogP) is 2.45. The van der Waals surface area contributed by atoms with Crippen LogP contribution in [0.4, 0.5) is 15.8 Å². The van der Waals surface area contributed by atoms with Gasteiger partial charge in [0.25, 0.3) is 5.91 Å². The maximum atomic E-state index is 13.4. The molecule has 23 heavy (non-hydrogen) atoms. The second-order valence-corrected chi connectivity index (χ2v) is 5.63. The summed E-state index contributed by atoms with van der Waals surface area (Å²) in [6, 6.07) is 4.06. The number of benzene rings is 1. The number of nitro groups is 1. The Hall–Kier alpha value is -2.77. The van der Waals surface area contributed by atoms with Gasteiger partial charge in [-0.1, -0.05) is 0 Å². The number of rotatable bonds is 2. The van der Waals surface area contributed by atoms with E-state index in [4.69, 9.17) is 0 Å². The summed E-state index contributed by atoms with van der Waals surface area (Å²) < 4.78 is 14.6. The van der Waals surface area contributed by atoms with Crippen LogP contribution >= 0.6 is 0 Å². The van der Waals surface area contributed by atoms with Crippen LogP contribution in [0.1, 0.15) is 29.4 Å². The molecule has 0 aliphatic carbocycles. The SMILES string of the molecule is C[C@H]1CCc2cc(F)ccc2N1C(=O)c1nn(C)cc1[N+](=O)[O-]. The Morgan fingerprint density at radius 3 is 2.91 bits per heavy atom. The fourth-order valence-electron chi connectivity index (χ4n) is 2.91. The topological polar surface area (TPSA) is 81.3 Å². The maximum absolute atomic E-state index is 13.4. The molecule has 3 rings (SSSR count). The Bertz CT molecular complexity index is 802. The van der Waals surface area contributed by atoms with Gasteiger partial charge in [0, 0.05) is 18.8 Å². The molecule has 0 fully saturated rings. The Morgan fingerprint density at radius 2 is 2.22 bits per heavy atom. The highest BCUT2D eigenvalue weighted by atomic mass is 19.1. The number of carbonyl (C=O) groups is 1. The molecule has 0 spiro atoms. The third kappa shape index (κ3) is 2.56. The maximum Gasteiger partial charge on any atom is 0.320 e. The van der Waals surface area contributed by atoms with Crippen molar-refractivity contribution in [3.8, 4) is 0 Å². The fraction of sp³-hybridized carbons (Fsp3) is 0.333. The van der Waals surface area contributed by atoms with Crippen molar-refractivity contribution in [3.05, 3.63) is 51.6 Å². The Labute approximate surface area is 131 Å². The van der Waals surface area contributed by atoms with E-state index in [-0.39, 0.29) is 23.2 Å². The second-order valence-electron chi connectivity index (χ2n) is 5.63. The molecule has 1 aliphatic heterocycles. The van der Waals surface area contributed by atoms with Gasteiger partial charge in [-0.25, -0.2) is 4.39 Å². The Morgan fingerprint density at radius 1 is 1.48 bits per heavy atom. The van der Waals surface area contributed by atoms with Crippen LogP contribution in [0.15, 0.2) is 24.4 Å². The first-order valence-corrected chi connectivity index (χ1v) is 7.18. The van der Waals surface area contributed by atoms with Crippen LogP contribution in [0, 0.1) is 15.9 Å². The highest BCUT2D eigenvalue weighted by Crippen LogP contribution is 2.33. The largest absolute Gasteiger partial charge is 0.320 e. The van der Waals surface area contributed by atoms with E-state index in [1.54, 1.807) is 0 Å². The van der Waals surface area contributed by atoms with E-state index in [9.17, 15) is 19.3 Å². The van der Waals surface area contributed by atoms with Crippen LogP contribution in [0.5, 0.6) is 0 Å². The van der Waals surface area contributed by atoms with Gasteiger partial charge in [0.2, 0.25) is 5.69 Å². The molecule has 2 aromatic rings. The Balaban J connectivity index is 2.08.